The van der Waals surface area contributed by atoms with E-state index in [-0.39, 0.29) is 5.84 Å². The number of anilines is 1. The molecule has 3 nitrogen and oxygen atoms in total. The van der Waals surface area contributed by atoms with E-state index in [1.807, 2.05) is 12.1 Å². The summed E-state index contributed by atoms with van der Waals surface area (Å²) in [6, 6.07) is 6.64. The van der Waals surface area contributed by atoms with Crippen molar-refractivity contribution >= 4 is 27.5 Å². The fourth-order valence-corrected chi connectivity index (χ4v) is 3.18. The molecule has 3 N–H and O–H groups in total. The fourth-order valence-electron chi connectivity index (χ4n) is 2.82. The van der Waals surface area contributed by atoms with Crippen molar-refractivity contribution in [1.82, 2.24) is 0 Å². The van der Waals surface area contributed by atoms with Crippen molar-refractivity contribution in [2.75, 3.05) is 11.4 Å². The van der Waals surface area contributed by atoms with Crippen LogP contribution in [0.4, 0.5) is 5.69 Å². The Morgan fingerprint density at radius 2 is 2.11 bits per heavy atom. The number of rotatable bonds is 4. The highest BCUT2D eigenvalue weighted by Crippen LogP contribution is 2.31. The summed E-state index contributed by atoms with van der Waals surface area (Å²) < 4.78 is 0.971. The van der Waals surface area contributed by atoms with Gasteiger partial charge in [-0.15, -0.1) is 0 Å². The molecule has 0 aromatic heterocycles. The van der Waals surface area contributed by atoms with Crippen molar-refractivity contribution in [1.29, 1.82) is 5.41 Å². The van der Waals surface area contributed by atoms with Crippen molar-refractivity contribution in [3.8, 4) is 0 Å². The molecule has 0 bridgehead atoms. The number of nitrogen functional groups attached to an aromatic ring is 1. The monoisotopic (exact) mass is 309 g/mol. The van der Waals surface area contributed by atoms with E-state index < -0.39 is 0 Å². The molecule has 0 aliphatic heterocycles. The van der Waals surface area contributed by atoms with Crippen LogP contribution in [0.15, 0.2) is 22.7 Å². The van der Waals surface area contributed by atoms with Gasteiger partial charge in [-0.1, -0.05) is 28.8 Å². The number of benzene rings is 1. The highest BCUT2D eigenvalue weighted by atomic mass is 79.9. The lowest BCUT2D eigenvalue weighted by molar-refractivity contribution is 0.619. The second-order valence-corrected chi connectivity index (χ2v) is 5.72. The maximum atomic E-state index is 7.74. The summed E-state index contributed by atoms with van der Waals surface area (Å²) in [7, 11) is 0. The molecule has 1 aliphatic carbocycles. The lowest BCUT2D eigenvalue weighted by Gasteiger charge is -2.31. The van der Waals surface area contributed by atoms with Gasteiger partial charge in [-0.25, -0.2) is 0 Å². The molecule has 0 spiro atoms. The van der Waals surface area contributed by atoms with E-state index in [4.69, 9.17) is 11.1 Å². The Morgan fingerprint density at radius 1 is 1.44 bits per heavy atom. The van der Waals surface area contributed by atoms with E-state index in [1.54, 1.807) is 0 Å². The third-order valence-electron chi connectivity index (χ3n) is 3.66. The van der Waals surface area contributed by atoms with Gasteiger partial charge in [0.15, 0.2) is 0 Å². The van der Waals surface area contributed by atoms with Gasteiger partial charge in [0.25, 0.3) is 0 Å². The maximum Gasteiger partial charge on any atom is 0.124 e. The predicted molar refractivity (Wildman–Crippen MR) is 80.4 cm³/mol. The summed E-state index contributed by atoms with van der Waals surface area (Å²) in [4.78, 5) is 2.40. The van der Waals surface area contributed by atoms with Crippen LogP contribution in [0.1, 0.15) is 38.2 Å². The van der Waals surface area contributed by atoms with E-state index >= 15 is 0 Å². The van der Waals surface area contributed by atoms with Gasteiger partial charge in [-0.05, 0) is 38.0 Å². The first-order valence-electron chi connectivity index (χ1n) is 6.54. The van der Waals surface area contributed by atoms with Gasteiger partial charge in [0.2, 0.25) is 0 Å². The molecule has 0 unspecified atom stereocenters. The van der Waals surface area contributed by atoms with E-state index in [9.17, 15) is 0 Å². The van der Waals surface area contributed by atoms with Gasteiger partial charge in [0, 0.05) is 28.3 Å². The van der Waals surface area contributed by atoms with Crippen LogP contribution in [-0.2, 0) is 0 Å². The standard InChI is InChI=1S/C14H20BrN3/c1-2-18(11-5-3-4-6-11)13-8-7-10(15)9-12(13)14(16)17/h7-9,11H,2-6H2,1H3,(H3,16,17). The molecule has 0 atom stereocenters. The maximum absolute atomic E-state index is 7.74. The predicted octanol–water partition coefficient (Wildman–Crippen LogP) is 3.50. The summed E-state index contributed by atoms with van der Waals surface area (Å²) in [5.41, 5.74) is 7.64. The van der Waals surface area contributed by atoms with Crippen molar-refractivity contribution in [3.05, 3.63) is 28.2 Å². The van der Waals surface area contributed by atoms with Crippen LogP contribution in [-0.4, -0.2) is 18.4 Å². The van der Waals surface area contributed by atoms with Gasteiger partial charge in [-0.3, -0.25) is 5.41 Å². The number of hydrogen-bond acceptors (Lipinski definition) is 2. The van der Waals surface area contributed by atoms with Crippen LogP contribution in [0.25, 0.3) is 0 Å². The van der Waals surface area contributed by atoms with Crippen molar-refractivity contribution in [2.24, 2.45) is 5.73 Å². The fraction of sp³-hybridized carbons (Fsp3) is 0.500. The Bertz CT molecular complexity index is 439. The zero-order chi connectivity index (χ0) is 13.1. The average molecular weight is 310 g/mol. The van der Waals surface area contributed by atoms with Crippen LogP contribution >= 0.6 is 15.9 Å². The number of halogens is 1. The smallest absolute Gasteiger partial charge is 0.124 e. The first kappa shape index (κ1) is 13.4. The molecule has 2 rings (SSSR count). The second-order valence-electron chi connectivity index (χ2n) is 4.80. The van der Waals surface area contributed by atoms with Gasteiger partial charge < -0.3 is 10.6 Å². The SMILES string of the molecule is CCN(c1ccc(Br)cc1C(=N)N)C1CCCC1. The van der Waals surface area contributed by atoms with Crippen LogP contribution in [0.3, 0.4) is 0 Å². The van der Waals surface area contributed by atoms with Crippen molar-refractivity contribution in [2.45, 2.75) is 38.6 Å². The van der Waals surface area contributed by atoms with E-state index in [0.29, 0.717) is 6.04 Å². The number of nitrogens with zero attached hydrogens (tertiary/aromatic N) is 1. The Morgan fingerprint density at radius 3 is 2.67 bits per heavy atom. The van der Waals surface area contributed by atoms with Crippen LogP contribution < -0.4 is 10.6 Å². The minimum Gasteiger partial charge on any atom is -0.384 e. The quantitative estimate of drug-likeness (QED) is 0.660. The van der Waals surface area contributed by atoms with Gasteiger partial charge in [0.05, 0.1) is 0 Å². The van der Waals surface area contributed by atoms with E-state index in [2.05, 4.69) is 33.8 Å². The lowest BCUT2D eigenvalue weighted by Crippen LogP contribution is -2.34. The molecule has 4 heteroatoms. The van der Waals surface area contributed by atoms with E-state index in [1.165, 1.54) is 25.7 Å². The van der Waals surface area contributed by atoms with Crippen molar-refractivity contribution < 1.29 is 0 Å². The molecular weight excluding hydrogens is 290 g/mol. The highest BCUT2D eigenvalue weighted by molar-refractivity contribution is 9.10. The molecule has 1 aromatic carbocycles. The number of nitrogens with one attached hydrogen (secondary N) is 1. The molecule has 1 aliphatic rings. The molecule has 0 amide bonds. The minimum absolute atomic E-state index is 0.141. The van der Waals surface area contributed by atoms with Crippen molar-refractivity contribution in [3.63, 3.8) is 0 Å². The third kappa shape index (κ3) is 2.69. The lowest BCUT2D eigenvalue weighted by atomic mass is 10.1. The Balaban J connectivity index is 2.37. The molecule has 18 heavy (non-hydrogen) atoms. The largest absolute Gasteiger partial charge is 0.384 e. The Kier molecular flexibility index (Phi) is 4.27. The zero-order valence-electron chi connectivity index (χ0n) is 10.7. The van der Waals surface area contributed by atoms with Crippen LogP contribution in [0, 0.1) is 5.41 Å². The normalized spacial score (nSPS) is 15.9. The Hall–Kier alpha value is -1.03. The summed E-state index contributed by atoms with van der Waals surface area (Å²) in [6.45, 7) is 3.14. The molecule has 0 radical (unpaired) electrons. The van der Waals surface area contributed by atoms with Gasteiger partial charge in [-0.2, -0.15) is 0 Å². The van der Waals surface area contributed by atoms with Gasteiger partial charge in [0.1, 0.15) is 5.84 Å². The number of nitrogens with two attached hydrogens (primary N) is 1. The highest BCUT2D eigenvalue weighted by Gasteiger charge is 2.23. The molecule has 1 saturated carbocycles. The molecule has 0 heterocycles. The van der Waals surface area contributed by atoms with Crippen LogP contribution in [0.2, 0.25) is 0 Å². The summed E-state index contributed by atoms with van der Waals surface area (Å²) in [5.74, 6) is 0.141. The first-order valence-corrected chi connectivity index (χ1v) is 7.33. The third-order valence-corrected chi connectivity index (χ3v) is 4.16. The topological polar surface area (TPSA) is 53.1 Å². The summed E-state index contributed by atoms with van der Waals surface area (Å²) in [6.07, 6.45) is 5.13. The first-order chi connectivity index (χ1) is 8.63. The second kappa shape index (κ2) is 5.74. The van der Waals surface area contributed by atoms with E-state index in [0.717, 1.165) is 22.3 Å². The molecule has 1 aromatic rings. The molecular formula is C14H20BrN3. The number of amidine groups is 1. The average Bonchev–Trinajstić information content (AvgIpc) is 2.85. The summed E-state index contributed by atoms with van der Waals surface area (Å²) >= 11 is 3.45. The summed E-state index contributed by atoms with van der Waals surface area (Å²) in [5, 5.41) is 7.74. The molecule has 1 fully saturated rings. The van der Waals surface area contributed by atoms with Gasteiger partial charge >= 0.3 is 0 Å². The molecule has 0 saturated heterocycles. The zero-order valence-corrected chi connectivity index (χ0v) is 12.3. The Labute approximate surface area is 117 Å². The van der Waals surface area contributed by atoms with Crippen LogP contribution in [0.5, 0.6) is 0 Å². The minimum atomic E-state index is 0.141. The number of hydrogen-bond donors (Lipinski definition) is 2. The molecule has 98 valence electrons.